The van der Waals surface area contributed by atoms with E-state index in [1.165, 1.54) is 19.3 Å². The first-order chi connectivity index (χ1) is 7.86. The molecule has 100 valence electrons. The van der Waals surface area contributed by atoms with E-state index in [-0.39, 0.29) is 0 Å². The van der Waals surface area contributed by atoms with Crippen LogP contribution in [0.1, 0.15) is 59.8 Å². The predicted molar refractivity (Wildman–Crippen MR) is 70.1 cm³/mol. The van der Waals surface area contributed by atoms with Crippen molar-refractivity contribution in [3.05, 3.63) is 0 Å². The summed E-state index contributed by atoms with van der Waals surface area (Å²) in [6.45, 7) is 8.69. The minimum atomic E-state index is -0.749. The summed E-state index contributed by atoms with van der Waals surface area (Å²) in [5, 5.41) is 12.1. The van der Waals surface area contributed by atoms with Crippen LogP contribution in [0.5, 0.6) is 0 Å². The molecule has 17 heavy (non-hydrogen) atoms. The third-order valence-electron chi connectivity index (χ3n) is 4.60. The standard InChI is InChI=1S/C14H27NO2/c1-5-14(3,4)11-6-8-12(9-7-11)15-10(2)13(16)17/h10-12,15H,5-9H2,1-4H3,(H,16,17)/t10-,11?,12?/m1/s1. The first-order valence-electron chi connectivity index (χ1n) is 6.85. The maximum atomic E-state index is 10.8. The van der Waals surface area contributed by atoms with E-state index >= 15 is 0 Å². The van der Waals surface area contributed by atoms with Crippen LogP contribution in [0.25, 0.3) is 0 Å². The highest BCUT2D eigenvalue weighted by Gasteiger charge is 2.32. The number of aliphatic carboxylic acids is 1. The third-order valence-corrected chi connectivity index (χ3v) is 4.60. The van der Waals surface area contributed by atoms with Crippen LogP contribution in [0, 0.1) is 11.3 Å². The Hall–Kier alpha value is -0.570. The zero-order valence-corrected chi connectivity index (χ0v) is 11.6. The van der Waals surface area contributed by atoms with E-state index in [0.29, 0.717) is 11.5 Å². The fraction of sp³-hybridized carbons (Fsp3) is 0.929. The van der Waals surface area contributed by atoms with Crippen molar-refractivity contribution in [1.82, 2.24) is 5.32 Å². The molecule has 2 N–H and O–H groups in total. The smallest absolute Gasteiger partial charge is 0.320 e. The van der Waals surface area contributed by atoms with Crippen LogP contribution >= 0.6 is 0 Å². The Balaban J connectivity index is 2.38. The van der Waals surface area contributed by atoms with E-state index in [1.807, 2.05) is 0 Å². The van der Waals surface area contributed by atoms with Gasteiger partial charge in [-0.1, -0.05) is 27.2 Å². The normalized spacial score (nSPS) is 27.8. The lowest BCUT2D eigenvalue weighted by Crippen LogP contribution is -2.44. The Labute approximate surface area is 105 Å². The molecule has 0 aliphatic heterocycles. The summed E-state index contributed by atoms with van der Waals surface area (Å²) < 4.78 is 0. The predicted octanol–water partition coefficient (Wildman–Crippen LogP) is 3.04. The molecule has 0 bridgehead atoms. The van der Waals surface area contributed by atoms with Gasteiger partial charge in [-0.25, -0.2) is 0 Å². The molecule has 1 rings (SSSR count). The van der Waals surface area contributed by atoms with Crippen molar-refractivity contribution in [2.45, 2.75) is 71.9 Å². The summed E-state index contributed by atoms with van der Waals surface area (Å²) in [5.41, 5.74) is 0.434. The molecule has 1 aliphatic carbocycles. The molecule has 1 atom stereocenters. The highest BCUT2D eigenvalue weighted by Crippen LogP contribution is 2.40. The van der Waals surface area contributed by atoms with Gasteiger partial charge >= 0.3 is 5.97 Å². The lowest BCUT2D eigenvalue weighted by atomic mass is 9.69. The molecule has 0 spiro atoms. The second-order valence-corrected chi connectivity index (χ2v) is 6.12. The average molecular weight is 241 g/mol. The number of carboxylic acids is 1. The van der Waals surface area contributed by atoms with Crippen molar-refractivity contribution in [2.24, 2.45) is 11.3 Å². The lowest BCUT2D eigenvalue weighted by Gasteiger charge is -2.39. The Morgan fingerprint density at radius 2 is 1.88 bits per heavy atom. The van der Waals surface area contributed by atoms with E-state index in [2.05, 4.69) is 26.1 Å². The van der Waals surface area contributed by atoms with E-state index in [4.69, 9.17) is 5.11 Å². The lowest BCUT2D eigenvalue weighted by molar-refractivity contribution is -0.139. The molecule has 0 aromatic carbocycles. The van der Waals surface area contributed by atoms with Gasteiger partial charge in [-0.3, -0.25) is 4.79 Å². The molecule has 0 aromatic heterocycles. The fourth-order valence-electron chi connectivity index (χ4n) is 2.76. The van der Waals surface area contributed by atoms with Gasteiger partial charge in [-0.2, -0.15) is 0 Å². The fourth-order valence-corrected chi connectivity index (χ4v) is 2.76. The summed E-state index contributed by atoms with van der Waals surface area (Å²) in [5.74, 6) is 0.0479. The van der Waals surface area contributed by atoms with Crippen molar-refractivity contribution >= 4 is 5.97 Å². The molecular weight excluding hydrogens is 214 g/mol. The van der Waals surface area contributed by atoms with Crippen molar-refractivity contribution in [3.63, 3.8) is 0 Å². The van der Waals surface area contributed by atoms with Gasteiger partial charge in [-0.15, -0.1) is 0 Å². The molecule has 0 aromatic rings. The minimum absolute atomic E-state index is 0.394. The second-order valence-electron chi connectivity index (χ2n) is 6.12. The zero-order valence-electron chi connectivity index (χ0n) is 11.6. The molecule has 0 heterocycles. The minimum Gasteiger partial charge on any atom is -0.480 e. The zero-order chi connectivity index (χ0) is 13.1. The summed E-state index contributed by atoms with van der Waals surface area (Å²) in [7, 11) is 0. The molecule has 0 radical (unpaired) electrons. The summed E-state index contributed by atoms with van der Waals surface area (Å²) in [6.07, 6.45) is 5.91. The van der Waals surface area contributed by atoms with E-state index in [1.54, 1.807) is 6.92 Å². The Morgan fingerprint density at radius 1 is 1.35 bits per heavy atom. The van der Waals surface area contributed by atoms with Gasteiger partial charge in [0.15, 0.2) is 0 Å². The van der Waals surface area contributed by atoms with Gasteiger partial charge in [-0.05, 0) is 43.9 Å². The summed E-state index contributed by atoms with van der Waals surface area (Å²) >= 11 is 0. The highest BCUT2D eigenvalue weighted by atomic mass is 16.4. The molecule has 3 heteroatoms. The molecule has 1 aliphatic rings. The second kappa shape index (κ2) is 5.85. The molecular formula is C14H27NO2. The van der Waals surface area contributed by atoms with Gasteiger partial charge < -0.3 is 10.4 Å². The van der Waals surface area contributed by atoms with Gasteiger partial charge in [0, 0.05) is 6.04 Å². The summed E-state index contributed by atoms with van der Waals surface area (Å²) in [6, 6.07) is -0.0271. The van der Waals surface area contributed by atoms with Crippen LogP contribution in [-0.4, -0.2) is 23.2 Å². The number of hydrogen-bond donors (Lipinski definition) is 2. The van der Waals surface area contributed by atoms with Crippen LogP contribution in [0.3, 0.4) is 0 Å². The molecule has 0 saturated heterocycles. The van der Waals surface area contributed by atoms with Crippen LogP contribution in [0.4, 0.5) is 0 Å². The van der Waals surface area contributed by atoms with Gasteiger partial charge in [0.1, 0.15) is 6.04 Å². The number of rotatable bonds is 5. The molecule has 0 unspecified atom stereocenters. The van der Waals surface area contributed by atoms with Crippen molar-refractivity contribution < 1.29 is 9.90 Å². The molecule has 0 amide bonds. The van der Waals surface area contributed by atoms with E-state index < -0.39 is 12.0 Å². The average Bonchev–Trinajstić information content (AvgIpc) is 2.29. The van der Waals surface area contributed by atoms with Crippen LogP contribution < -0.4 is 5.32 Å². The molecule has 1 fully saturated rings. The number of carboxylic acid groups (broad SMARTS) is 1. The largest absolute Gasteiger partial charge is 0.480 e. The Kier molecular flexibility index (Phi) is 4.99. The SMILES string of the molecule is CCC(C)(C)C1CCC(N[C@H](C)C(=O)O)CC1. The number of carbonyl (C=O) groups is 1. The third kappa shape index (κ3) is 3.98. The number of hydrogen-bond acceptors (Lipinski definition) is 2. The Bertz CT molecular complexity index is 255. The molecule has 3 nitrogen and oxygen atoms in total. The first kappa shape index (κ1) is 14.5. The number of nitrogens with one attached hydrogen (secondary N) is 1. The van der Waals surface area contributed by atoms with E-state index in [0.717, 1.165) is 18.8 Å². The van der Waals surface area contributed by atoms with Gasteiger partial charge in [0.05, 0.1) is 0 Å². The van der Waals surface area contributed by atoms with Crippen molar-refractivity contribution in [3.8, 4) is 0 Å². The maximum Gasteiger partial charge on any atom is 0.320 e. The Morgan fingerprint density at radius 3 is 2.29 bits per heavy atom. The van der Waals surface area contributed by atoms with Gasteiger partial charge in [0.2, 0.25) is 0 Å². The molecule has 1 saturated carbocycles. The quantitative estimate of drug-likeness (QED) is 0.778. The van der Waals surface area contributed by atoms with Gasteiger partial charge in [0.25, 0.3) is 0 Å². The van der Waals surface area contributed by atoms with Crippen LogP contribution in [0.2, 0.25) is 0 Å². The maximum absolute atomic E-state index is 10.8. The topological polar surface area (TPSA) is 49.3 Å². The first-order valence-corrected chi connectivity index (χ1v) is 6.85. The monoisotopic (exact) mass is 241 g/mol. The summed E-state index contributed by atoms with van der Waals surface area (Å²) in [4.78, 5) is 10.8. The van der Waals surface area contributed by atoms with Crippen molar-refractivity contribution in [2.75, 3.05) is 0 Å². The van der Waals surface area contributed by atoms with Crippen LogP contribution in [-0.2, 0) is 4.79 Å². The van der Waals surface area contributed by atoms with E-state index in [9.17, 15) is 4.79 Å². The van der Waals surface area contributed by atoms with Crippen LogP contribution in [0.15, 0.2) is 0 Å². The highest BCUT2D eigenvalue weighted by molar-refractivity contribution is 5.72. The van der Waals surface area contributed by atoms with Crippen molar-refractivity contribution in [1.29, 1.82) is 0 Å².